The fourth-order valence-electron chi connectivity index (χ4n) is 5.83. The standard InChI is InChI=1S/C29H22F3N3O4/c1-39-20-11-9-19(10-12-20)35-27(37)22-23(28(35)38)25(34-14-13-16-5-2-3-8-21(16)24(22)34)26(36)33-18-7-4-6-17(15-18)29(30,31)32/h2-15,22-25H,1H3,(H,33,36)/t22-,23+,24?,25-/m0/s1. The van der Waals surface area contributed by atoms with Gasteiger partial charge in [0.2, 0.25) is 17.7 Å². The number of carbonyl (C=O) groups is 3. The Balaban J connectivity index is 1.40. The Morgan fingerprint density at radius 3 is 2.36 bits per heavy atom. The summed E-state index contributed by atoms with van der Waals surface area (Å²) in [6.07, 6.45) is -1.11. The number of imide groups is 1. The highest BCUT2D eigenvalue weighted by molar-refractivity contribution is 6.24. The summed E-state index contributed by atoms with van der Waals surface area (Å²) < 4.78 is 45.0. The van der Waals surface area contributed by atoms with Gasteiger partial charge in [-0.3, -0.25) is 14.4 Å². The van der Waals surface area contributed by atoms with E-state index in [-0.39, 0.29) is 5.69 Å². The lowest BCUT2D eigenvalue weighted by Gasteiger charge is -2.35. The predicted octanol–water partition coefficient (Wildman–Crippen LogP) is 4.87. The second kappa shape index (κ2) is 9.00. The lowest BCUT2D eigenvalue weighted by molar-refractivity contribution is -0.137. The van der Waals surface area contributed by atoms with Gasteiger partial charge in [0, 0.05) is 11.9 Å². The minimum atomic E-state index is -4.59. The summed E-state index contributed by atoms with van der Waals surface area (Å²) >= 11 is 0. The molecule has 3 amide bonds. The van der Waals surface area contributed by atoms with Crippen molar-refractivity contribution in [3.8, 4) is 5.75 Å². The zero-order valence-electron chi connectivity index (χ0n) is 20.6. The van der Waals surface area contributed by atoms with Gasteiger partial charge in [-0.05, 0) is 59.7 Å². The van der Waals surface area contributed by atoms with Gasteiger partial charge in [0.05, 0.1) is 36.2 Å². The monoisotopic (exact) mass is 533 g/mol. The lowest BCUT2D eigenvalue weighted by Crippen LogP contribution is -2.46. The predicted molar refractivity (Wildman–Crippen MR) is 136 cm³/mol. The smallest absolute Gasteiger partial charge is 0.416 e. The van der Waals surface area contributed by atoms with Crippen molar-refractivity contribution >= 4 is 35.2 Å². The summed E-state index contributed by atoms with van der Waals surface area (Å²) in [7, 11) is 1.50. The molecule has 10 heteroatoms. The molecule has 198 valence electrons. The SMILES string of the molecule is COc1ccc(N2C(=O)[C@@H]3[C@H](C2=O)C2c4ccccc4C=CN2[C@@H]3C(=O)Nc2cccc(C(F)(F)F)c2)cc1. The maximum absolute atomic E-state index is 13.9. The van der Waals surface area contributed by atoms with Crippen LogP contribution in [0.4, 0.5) is 24.5 Å². The average molecular weight is 534 g/mol. The molecule has 39 heavy (non-hydrogen) atoms. The van der Waals surface area contributed by atoms with E-state index in [0.29, 0.717) is 11.4 Å². The molecule has 4 atom stereocenters. The van der Waals surface area contributed by atoms with E-state index in [2.05, 4.69) is 5.32 Å². The van der Waals surface area contributed by atoms with Crippen molar-refractivity contribution in [1.82, 2.24) is 4.90 Å². The van der Waals surface area contributed by atoms with Crippen LogP contribution in [-0.2, 0) is 20.6 Å². The third-order valence-corrected chi connectivity index (χ3v) is 7.52. The van der Waals surface area contributed by atoms with Gasteiger partial charge in [0.15, 0.2) is 0 Å². The second-order valence-corrected chi connectivity index (χ2v) is 9.61. The summed E-state index contributed by atoms with van der Waals surface area (Å²) in [5.74, 6) is -3.03. The number of benzene rings is 3. The lowest BCUT2D eigenvalue weighted by atomic mass is 9.84. The molecule has 6 rings (SSSR count). The van der Waals surface area contributed by atoms with Crippen molar-refractivity contribution in [2.24, 2.45) is 11.8 Å². The number of amides is 3. The minimum Gasteiger partial charge on any atom is -0.497 e. The summed E-state index contributed by atoms with van der Waals surface area (Å²) in [4.78, 5) is 44.2. The summed E-state index contributed by atoms with van der Waals surface area (Å²) in [6.45, 7) is 0. The molecule has 0 bridgehead atoms. The number of carbonyl (C=O) groups excluding carboxylic acids is 3. The zero-order chi connectivity index (χ0) is 27.5. The van der Waals surface area contributed by atoms with E-state index in [1.807, 2.05) is 24.3 Å². The minimum absolute atomic E-state index is 0.0556. The van der Waals surface area contributed by atoms with Crippen LogP contribution in [0.2, 0.25) is 0 Å². The first-order chi connectivity index (χ1) is 18.7. The molecule has 1 unspecified atom stereocenters. The number of nitrogens with zero attached hydrogens (tertiary/aromatic N) is 2. The van der Waals surface area contributed by atoms with Gasteiger partial charge in [-0.2, -0.15) is 13.2 Å². The van der Waals surface area contributed by atoms with Crippen LogP contribution in [0.15, 0.2) is 79.0 Å². The van der Waals surface area contributed by atoms with Crippen LogP contribution in [0.25, 0.3) is 6.08 Å². The van der Waals surface area contributed by atoms with Gasteiger partial charge < -0.3 is 15.0 Å². The highest BCUT2D eigenvalue weighted by Gasteiger charge is 2.64. The van der Waals surface area contributed by atoms with Gasteiger partial charge >= 0.3 is 6.18 Å². The van der Waals surface area contributed by atoms with Crippen molar-refractivity contribution < 1.29 is 32.3 Å². The van der Waals surface area contributed by atoms with Gasteiger partial charge in [0.25, 0.3) is 0 Å². The molecule has 2 fully saturated rings. The first kappa shape index (κ1) is 24.7. The molecule has 0 saturated carbocycles. The highest BCUT2D eigenvalue weighted by atomic mass is 19.4. The fraction of sp³-hybridized carbons (Fsp3) is 0.207. The van der Waals surface area contributed by atoms with E-state index >= 15 is 0 Å². The molecule has 0 aromatic heterocycles. The maximum atomic E-state index is 13.9. The van der Waals surface area contributed by atoms with Gasteiger partial charge in [-0.1, -0.05) is 30.3 Å². The number of fused-ring (bicyclic) bond motifs is 5. The quantitative estimate of drug-likeness (QED) is 0.485. The number of hydrogen-bond acceptors (Lipinski definition) is 5. The van der Waals surface area contributed by atoms with Crippen LogP contribution in [0.1, 0.15) is 22.7 Å². The van der Waals surface area contributed by atoms with Crippen molar-refractivity contribution in [2.45, 2.75) is 18.3 Å². The molecule has 0 spiro atoms. The normalized spacial score (nSPS) is 23.4. The van der Waals surface area contributed by atoms with Crippen LogP contribution in [0, 0.1) is 11.8 Å². The van der Waals surface area contributed by atoms with Crippen molar-refractivity contribution in [1.29, 1.82) is 0 Å². The van der Waals surface area contributed by atoms with Crippen LogP contribution >= 0.6 is 0 Å². The molecule has 3 aliphatic heterocycles. The van der Waals surface area contributed by atoms with Gasteiger partial charge in [-0.15, -0.1) is 0 Å². The number of anilines is 2. The number of ether oxygens (including phenoxy) is 1. The van der Waals surface area contributed by atoms with E-state index in [1.165, 1.54) is 19.2 Å². The molecule has 0 radical (unpaired) electrons. The third-order valence-electron chi connectivity index (χ3n) is 7.52. The molecular formula is C29H22F3N3O4. The Hall–Kier alpha value is -4.60. The average Bonchev–Trinajstić information content (AvgIpc) is 3.41. The summed E-state index contributed by atoms with van der Waals surface area (Å²) in [5, 5.41) is 2.56. The Labute approximate surface area is 221 Å². The van der Waals surface area contributed by atoms with Crippen molar-refractivity contribution in [2.75, 3.05) is 17.3 Å². The number of hydrogen-bond donors (Lipinski definition) is 1. The topological polar surface area (TPSA) is 79.0 Å². The number of alkyl halides is 3. The van der Waals surface area contributed by atoms with Crippen molar-refractivity contribution in [3.05, 3.63) is 95.7 Å². The maximum Gasteiger partial charge on any atom is 0.416 e. The van der Waals surface area contributed by atoms with Gasteiger partial charge in [0.1, 0.15) is 11.8 Å². The number of rotatable bonds is 4. The van der Waals surface area contributed by atoms with Crippen LogP contribution < -0.4 is 15.0 Å². The van der Waals surface area contributed by atoms with Crippen LogP contribution in [0.3, 0.4) is 0 Å². The zero-order valence-corrected chi connectivity index (χ0v) is 20.6. The Morgan fingerprint density at radius 1 is 0.923 bits per heavy atom. The van der Waals surface area contributed by atoms with Crippen LogP contribution in [0.5, 0.6) is 5.75 Å². The molecule has 2 saturated heterocycles. The van der Waals surface area contributed by atoms with E-state index < -0.39 is 53.4 Å². The van der Waals surface area contributed by atoms with Crippen molar-refractivity contribution in [3.63, 3.8) is 0 Å². The molecule has 3 aromatic carbocycles. The number of nitrogens with one attached hydrogen (secondary N) is 1. The summed E-state index contributed by atoms with van der Waals surface area (Å²) in [5.41, 5.74) is 1.04. The Bertz CT molecular complexity index is 1520. The number of halogens is 3. The molecule has 3 heterocycles. The van der Waals surface area contributed by atoms with Crippen LogP contribution in [-0.4, -0.2) is 35.8 Å². The Kier molecular flexibility index (Phi) is 5.71. The van der Waals surface area contributed by atoms with E-state index in [9.17, 15) is 27.6 Å². The molecule has 0 aliphatic carbocycles. The van der Waals surface area contributed by atoms with E-state index in [1.54, 1.807) is 41.4 Å². The first-order valence-electron chi connectivity index (χ1n) is 12.2. The largest absolute Gasteiger partial charge is 0.497 e. The number of methoxy groups -OCH3 is 1. The van der Waals surface area contributed by atoms with E-state index in [0.717, 1.165) is 28.2 Å². The third kappa shape index (κ3) is 3.94. The second-order valence-electron chi connectivity index (χ2n) is 9.61. The highest BCUT2D eigenvalue weighted by Crippen LogP contribution is 2.53. The molecule has 7 nitrogen and oxygen atoms in total. The Morgan fingerprint density at radius 2 is 1.64 bits per heavy atom. The molecule has 3 aromatic rings. The molecule has 3 aliphatic rings. The molecule has 1 N–H and O–H groups in total. The first-order valence-corrected chi connectivity index (χ1v) is 12.2. The van der Waals surface area contributed by atoms with E-state index in [4.69, 9.17) is 4.74 Å². The molecular weight excluding hydrogens is 511 g/mol. The fourth-order valence-corrected chi connectivity index (χ4v) is 5.83. The summed E-state index contributed by atoms with van der Waals surface area (Å²) in [6, 6.07) is 16.5. The van der Waals surface area contributed by atoms with Gasteiger partial charge in [-0.25, -0.2) is 4.90 Å².